The zero-order valence-electron chi connectivity index (χ0n) is 12.4. The number of rotatable bonds is 6. The molecule has 6 nitrogen and oxygen atoms in total. The monoisotopic (exact) mass is 316 g/mol. The Bertz CT molecular complexity index is 723. The summed E-state index contributed by atoms with van der Waals surface area (Å²) in [5, 5.41) is 19.6. The fraction of sp³-hybridized carbons (Fsp3) is 0.235. The Hall–Kier alpha value is -2.73. The summed E-state index contributed by atoms with van der Waals surface area (Å²) in [5.74, 6) is 0.481. The predicted molar refractivity (Wildman–Crippen MR) is 81.3 cm³/mol. The first-order chi connectivity index (χ1) is 11.1. The van der Waals surface area contributed by atoms with Crippen molar-refractivity contribution in [2.24, 2.45) is 0 Å². The molecule has 2 aromatic carbocycles. The number of methoxy groups -OCH3 is 1. The highest BCUT2D eigenvalue weighted by atomic mass is 16.6. The van der Waals surface area contributed by atoms with Gasteiger partial charge >= 0.3 is 0 Å². The van der Waals surface area contributed by atoms with Crippen LogP contribution in [0.25, 0.3) is 0 Å². The zero-order valence-corrected chi connectivity index (χ0v) is 12.4. The number of aromatic hydroxyl groups is 2. The normalized spacial score (nSPS) is 17.3. The van der Waals surface area contributed by atoms with E-state index in [4.69, 9.17) is 14.2 Å². The number of epoxide rings is 1. The largest absolute Gasteiger partial charge is 0.504 e. The van der Waals surface area contributed by atoms with Gasteiger partial charge in [-0.25, -0.2) is 0 Å². The summed E-state index contributed by atoms with van der Waals surface area (Å²) in [6, 6.07) is 9.24. The molecule has 2 N–H and O–H groups in total. The molecule has 0 radical (unpaired) electrons. The Morgan fingerprint density at radius 2 is 1.87 bits per heavy atom. The maximum absolute atomic E-state index is 10.9. The quantitative estimate of drug-likeness (QED) is 0.628. The van der Waals surface area contributed by atoms with Gasteiger partial charge in [0.2, 0.25) is 0 Å². The van der Waals surface area contributed by atoms with E-state index in [-0.39, 0.29) is 23.4 Å². The van der Waals surface area contributed by atoms with Crippen LogP contribution >= 0.6 is 0 Å². The number of benzene rings is 2. The molecule has 0 aromatic heterocycles. The van der Waals surface area contributed by atoms with E-state index in [1.54, 1.807) is 12.1 Å². The molecule has 0 bridgehead atoms. The molecule has 23 heavy (non-hydrogen) atoms. The molecule has 1 saturated heterocycles. The Balaban J connectivity index is 1.92. The third kappa shape index (κ3) is 3.22. The van der Waals surface area contributed by atoms with Crippen molar-refractivity contribution < 1.29 is 29.2 Å². The fourth-order valence-electron chi connectivity index (χ4n) is 2.30. The van der Waals surface area contributed by atoms with Crippen molar-refractivity contribution in [1.29, 1.82) is 0 Å². The van der Waals surface area contributed by atoms with Gasteiger partial charge in [-0.05, 0) is 35.9 Å². The van der Waals surface area contributed by atoms with Gasteiger partial charge in [-0.2, -0.15) is 0 Å². The second kappa shape index (κ2) is 6.18. The molecule has 2 aromatic rings. The summed E-state index contributed by atoms with van der Waals surface area (Å²) >= 11 is 0. The highest BCUT2D eigenvalue weighted by Crippen LogP contribution is 2.39. The van der Waals surface area contributed by atoms with Gasteiger partial charge in [0.1, 0.15) is 12.4 Å². The van der Waals surface area contributed by atoms with Crippen molar-refractivity contribution in [2.45, 2.75) is 12.2 Å². The maximum atomic E-state index is 10.9. The molecule has 2 atom stereocenters. The molecule has 1 aliphatic rings. The van der Waals surface area contributed by atoms with Gasteiger partial charge in [0, 0.05) is 5.56 Å². The lowest BCUT2D eigenvalue weighted by Gasteiger charge is -2.19. The van der Waals surface area contributed by atoms with Gasteiger partial charge in [-0.1, -0.05) is 6.07 Å². The number of aldehydes is 1. The third-order valence-electron chi connectivity index (χ3n) is 3.60. The van der Waals surface area contributed by atoms with E-state index in [9.17, 15) is 15.0 Å². The summed E-state index contributed by atoms with van der Waals surface area (Å²) in [5.41, 5.74) is 1.13. The van der Waals surface area contributed by atoms with Gasteiger partial charge in [0.15, 0.2) is 29.1 Å². The number of carbonyl (C=O) groups is 1. The average molecular weight is 316 g/mol. The fourth-order valence-corrected chi connectivity index (χ4v) is 2.30. The molecule has 1 fully saturated rings. The van der Waals surface area contributed by atoms with Crippen LogP contribution in [0.15, 0.2) is 36.4 Å². The van der Waals surface area contributed by atoms with Crippen LogP contribution < -0.4 is 9.47 Å². The first-order valence-corrected chi connectivity index (χ1v) is 7.05. The van der Waals surface area contributed by atoms with Crippen molar-refractivity contribution in [3.8, 4) is 23.0 Å². The van der Waals surface area contributed by atoms with Crippen LogP contribution in [0.4, 0.5) is 0 Å². The number of hydrogen-bond acceptors (Lipinski definition) is 6. The number of carbonyl (C=O) groups excluding carboxylic acids is 1. The van der Waals surface area contributed by atoms with Crippen molar-refractivity contribution in [2.75, 3.05) is 13.7 Å². The second-order valence-electron chi connectivity index (χ2n) is 5.19. The molecule has 0 spiro atoms. The summed E-state index contributed by atoms with van der Waals surface area (Å²) in [6.45, 7) is 0.530. The second-order valence-corrected chi connectivity index (χ2v) is 5.19. The van der Waals surface area contributed by atoms with Crippen LogP contribution in [0.1, 0.15) is 22.0 Å². The van der Waals surface area contributed by atoms with Gasteiger partial charge < -0.3 is 24.4 Å². The van der Waals surface area contributed by atoms with Crippen LogP contribution in [-0.4, -0.2) is 36.3 Å². The highest BCUT2D eigenvalue weighted by molar-refractivity contribution is 5.76. The minimum Gasteiger partial charge on any atom is -0.504 e. The van der Waals surface area contributed by atoms with Crippen molar-refractivity contribution in [1.82, 2.24) is 0 Å². The average Bonchev–Trinajstić information content (AvgIpc) is 3.39. The van der Waals surface area contributed by atoms with Gasteiger partial charge in [-0.3, -0.25) is 4.79 Å². The Morgan fingerprint density at radius 3 is 2.52 bits per heavy atom. The highest BCUT2D eigenvalue weighted by Gasteiger charge is 2.36. The van der Waals surface area contributed by atoms with E-state index in [0.717, 1.165) is 5.56 Å². The molecular weight excluding hydrogens is 300 g/mol. The number of hydrogen-bond donors (Lipinski definition) is 2. The van der Waals surface area contributed by atoms with E-state index in [1.807, 2.05) is 0 Å². The number of phenolic OH excluding ortho intramolecular Hbond substituents is 2. The Kier molecular flexibility index (Phi) is 4.08. The molecule has 120 valence electrons. The molecule has 0 saturated carbocycles. The van der Waals surface area contributed by atoms with E-state index in [2.05, 4.69) is 0 Å². The molecule has 3 rings (SSSR count). The summed E-state index contributed by atoms with van der Waals surface area (Å²) in [6.07, 6.45) is 0.0271. The third-order valence-corrected chi connectivity index (χ3v) is 3.60. The van der Waals surface area contributed by atoms with E-state index in [1.165, 1.54) is 31.4 Å². The van der Waals surface area contributed by atoms with Crippen LogP contribution in [0, 0.1) is 0 Å². The Morgan fingerprint density at radius 1 is 1.17 bits per heavy atom. The molecule has 1 aliphatic heterocycles. The van der Waals surface area contributed by atoms with Gasteiger partial charge in [0.25, 0.3) is 0 Å². The van der Waals surface area contributed by atoms with E-state index < -0.39 is 6.10 Å². The smallest absolute Gasteiger partial charge is 0.162 e. The minimum atomic E-state index is -0.489. The van der Waals surface area contributed by atoms with Crippen molar-refractivity contribution >= 4 is 6.29 Å². The van der Waals surface area contributed by atoms with E-state index in [0.29, 0.717) is 24.2 Å². The first-order valence-electron chi connectivity index (χ1n) is 7.05. The summed E-state index contributed by atoms with van der Waals surface area (Å²) in [4.78, 5) is 10.9. The maximum Gasteiger partial charge on any atom is 0.162 e. The predicted octanol–water partition coefficient (Wildman–Crippen LogP) is 2.44. The zero-order chi connectivity index (χ0) is 16.4. The molecule has 0 aliphatic carbocycles. The lowest BCUT2D eigenvalue weighted by atomic mass is 10.1. The van der Waals surface area contributed by atoms with Crippen molar-refractivity contribution in [3.63, 3.8) is 0 Å². The van der Waals surface area contributed by atoms with E-state index >= 15 is 0 Å². The summed E-state index contributed by atoms with van der Waals surface area (Å²) in [7, 11) is 1.46. The lowest BCUT2D eigenvalue weighted by molar-refractivity contribution is 0.112. The summed E-state index contributed by atoms with van der Waals surface area (Å²) < 4.78 is 16.3. The van der Waals surface area contributed by atoms with Crippen LogP contribution in [0.5, 0.6) is 23.0 Å². The first kappa shape index (κ1) is 15.2. The molecule has 1 heterocycles. The lowest BCUT2D eigenvalue weighted by Crippen LogP contribution is -2.14. The minimum absolute atomic E-state index is 0.0255. The standard InChI is InChI=1S/C17H16O6/c1-21-14-7-11(3-5-12(14)19)17(16-9-22-16)23-15-6-10(8-18)2-4-13(15)20/h2-8,16-17,19-20H,9H2,1H3/t16-,17+/m1/s1. The van der Waals surface area contributed by atoms with Gasteiger partial charge in [-0.15, -0.1) is 0 Å². The number of phenols is 2. The number of ether oxygens (including phenoxy) is 3. The molecule has 6 heteroatoms. The SMILES string of the molecule is COc1cc([C@H](Oc2cc(C=O)ccc2O)[C@H]2CO2)ccc1O. The molecule has 0 amide bonds. The van der Waals surface area contributed by atoms with Crippen LogP contribution in [0.3, 0.4) is 0 Å². The molecule has 0 unspecified atom stereocenters. The van der Waals surface area contributed by atoms with Crippen LogP contribution in [0.2, 0.25) is 0 Å². The topological polar surface area (TPSA) is 88.5 Å². The van der Waals surface area contributed by atoms with Gasteiger partial charge in [0.05, 0.1) is 13.7 Å². The Labute approximate surface area is 132 Å². The van der Waals surface area contributed by atoms with Crippen LogP contribution in [-0.2, 0) is 4.74 Å². The van der Waals surface area contributed by atoms with Crippen molar-refractivity contribution in [3.05, 3.63) is 47.5 Å². The molecular formula is C17H16O6.